The number of anilines is 1. The van der Waals surface area contributed by atoms with Crippen molar-refractivity contribution in [3.05, 3.63) is 59.1 Å². The minimum Gasteiger partial charge on any atom is -0.356 e. The first-order valence-electron chi connectivity index (χ1n) is 6.81. The highest BCUT2D eigenvalue weighted by molar-refractivity contribution is 7.80. The maximum atomic E-state index is 6.14. The van der Waals surface area contributed by atoms with E-state index in [1.165, 1.54) is 16.9 Å². The van der Waals surface area contributed by atoms with Gasteiger partial charge in [-0.05, 0) is 36.8 Å². The molecule has 0 aliphatic rings. The molecular weight excluding hydrogens is 334 g/mol. The molecule has 3 aromatic rings. The van der Waals surface area contributed by atoms with E-state index >= 15 is 0 Å². The number of aromatic nitrogens is 1. The van der Waals surface area contributed by atoms with Crippen LogP contribution in [-0.2, 0) is 0 Å². The molecule has 3 rings (SSSR count). The molecule has 22 heavy (non-hydrogen) atoms. The molecule has 0 aliphatic heterocycles. The van der Waals surface area contributed by atoms with Crippen molar-refractivity contribution in [1.82, 2.24) is 10.3 Å². The number of halogens is 1. The number of rotatable bonds is 3. The summed E-state index contributed by atoms with van der Waals surface area (Å²) in [5, 5.41) is 8.32. The van der Waals surface area contributed by atoms with E-state index < -0.39 is 0 Å². The SMILES string of the molecule is CC(NC(=S)Nc1nc2c(Cl)cccc2s1)c1ccccc1. The fraction of sp³-hybridized carbons (Fsp3) is 0.125. The maximum absolute atomic E-state index is 6.14. The summed E-state index contributed by atoms with van der Waals surface area (Å²) in [5.41, 5.74) is 1.98. The molecule has 2 aromatic carbocycles. The molecule has 0 amide bonds. The Bertz CT molecular complexity index is 802. The average Bonchev–Trinajstić information content (AvgIpc) is 2.92. The van der Waals surface area contributed by atoms with Crippen molar-refractivity contribution in [2.45, 2.75) is 13.0 Å². The second kappa shape index (κ2) is 6.60. The zero-order valence-electron chi connectivity index (χ0n) is 11.8. The highest BCUT2D eigenvalue weighted by Crippen LogP contribution is 2.30. The maximum Gasteiger partial charge on any atom is 0.190 e. The van der Waals surface area contributed by atoms with Crippen LogP contribution in [0, 0.1) is 0 Å². The van der Waals surface area contributed by atoms with Gasteiger partial charge >= 0.3 is 0 Å². The number of thiazole rings is 1. The summed E-state index contributed by atoms with van der Waals surface area (Å²) in [5.74, 6) is 0. The number of hydrogen-bond acceptors (Lipinski definition) is 3. The lowest BCUT2D eigenvalue weighted by Crippen LogP contribution is -2.30. The van der Waals surface area contributed by atoms with Crippen LogP contribution in [0.1, 0.15) is 18.5 Å². The van der Waals surface area contributed by atoms with Crippen LogP contribution in [0.4, 0.5) is 5.13 Å². The zero-order valence-corrected chi connectivity index (χ0v) is 14.2. The first-order valence-corrected chi connectivity index (χ1v) is 8.41. The highest BCUT2D eigenvalue weighted by Gasteiger charge is 2.10. The molecule has 112 valence electrons. The third-order valence-electron chi connectivity index (χ3n) is 3.24. The highest BCUT2D eigenvalue weighted by atomic mass is 35.5. The molecule has 0 radical (unpaired) electrons. The standard InChI is InChI=1S/C16H14ClN3S2/c1-10(11-6-3-2-4-7-11)18-15(21)20-16-19-14-12(17)8-5-9-13(14)22-16/h2-10H,1H3,(H2,18,19,20,21). The van der Waals surface area contributed by atoms with Gasteiger partial charge in [0.25, 0.3) is 0 Å². The number of hydrogen-bond donors (Lipinski definition) is 2. The number of thiocarbonyl (C=S) groups is 1. The van der Waals surface area contributed by atoms with Gasteiger partial charge in [0.05, 0.1) is 15.8 Å². The first kappa shape index (κ1) is 15.2. The summed E-state index contributed by atoms with van der Waals surface area (Å²) < 4.78 is 1.04. The fourth-order valence-electron chi connectivity index (χ4n) is 2.12. The van der Waals surface area contributed by atoms with Crippen molar-refractivity contribution in [1.29, 1.82) is 0 Å². The topological polar surface area (TPSA) is 37.0 Å². The summed E-state index contributed by atoms with van der Waals surface area (Å²) in [6.07, 6.45) is 0. The van der Waals surface area contributed by atoms with Crippen molar-refractivity contribution in [2.75, 3.05) is 5.32 Å². The summed E-state index contributed by atoms with van der Waals surface area (Å²) in [4.78, 5) is 4.48. The Hall–Kier alpha value is -1.69. The van der Waals surface area contributed by atoms with Gasteiger partial charge in [-0.15, -0.1) is 0 Å². The lowest BCUT2D eigenvalue weighted by atomic mass is 10.1. The molecule has 0 saturated carbocycles. The first-order chi connectivity index (χ1) is 10.6. The molecule has 0 saturated heterocycles. The van der Waals surface area contributed by atoms with Crippen molar-refractivity contribution in [2.24, 2.45) is 0 Å². The van der Waals surface area contributed by atoms with E-state index in [1.807, 2.05) is 36.4 Å². The number of fused-ring (bicyclic) bond motifs is 1. The second-order valence-electron chi connectivity index (χ2n) is 4.84. The third kappa shape index (κ3) is 3.38. The van der Waals surface area contributed by atoms with Gasteiger partial charge in [0.15, 0.2) is 10.2 Å². The van der Waals surface area contributed by atoms with Crippen LogP contribution in [-0.4, -0.2) is 10.1 Å². The molecule has 1 heterocycles. The Labute approximate surface area is 143 Å². The van der Waals surface area contributed by atoms with Crippen molar-refractivity contribution in [3.63, 3.8) is 0 Å². The largest absolute Gasteiger partial charge is 0.356 e. The summed E-state index contributed by atoms with van der Waals surface area (Å²) in [7, 11) is 0. The minimum absolute atomic E-state index is 0.124. The predicted octanol–water partition coefficient (Wildman–Crippen LogP) is 5.00. The summed E-state index contributed by atoms with van der Waals surface area (Å²) >= 11 is 13.0. The Morgan fingerprint density at radius 1 is 1.18 bits per heavy atom. The number of nitrogens with one attached hydrogen (secondary N) is 2. The van der Waals surface area contributed by atoms with Gasteiger partial charge in [0.2, 0.25) is 0 Å². The second-order valence-corrected chi connectivity index (χ2v) is 6.68. The van der Waals surface area contributed by atoms with Crippen LogP contribution in [0.5, 0.6) is 0 Å². The van der Waals surface area contributed by atoms with Gasteiger partial charge in [-0.2, -0.15) is 0 Å². The van der Waals surface area contributed by atoms with Gasteiger partial charge in [-0.25, -0.2) is 4.98 Å². The predicted molar refractivity (Wildman–Crippen MR) is 98.8 cm³/mol. The van der Waals surface area contributed by atoms with Crippen molar-refractivity contribution in [3.8, 4) is 0 Å². The van der Waals surface area contributed by atoms with E-state index in [9.17, 15) is 0 Å². The monoisotopic (exact) mass is 347 g/mol. The number of nitrogens with zero attached hydrogens (tertiary/aromatic N) is 1. The molecule has 0 bridgehead atoms. The fourth-order valence-corrected chi connectivity index (χ4v) is 3.63. The van der Waals surface area contributed by atoms with Gasteiger partial charge in [-0.1, -0.05) is 59.3 Å². The molecule has 0 spiro atoms. The van der Waals surface area contributed by atoms with E-state index in [0.29, 0.717) is 10.1 Å². The van der Waals surface area contributed by atoms with E-state index in [0.717, 1.165) is 15.3 Å². The quantitative estimate of drug-likeness (QED) is 0.654. The molecule has 6 heteroatoms. The van der Waals surface area contributed by atoms with Crippen molar-refractivity contribution < 1.29 is 0 Å². The van der Waals surface area contributed by atoms with Crippen LogP contribution in [0.25, 0.3) is 10.2 Å². The molecule has 0 aliphatic carbocycles. The minimum atomic E-state index is 0.124. The van der Waals surface area contributed by atoms with Gasteiger partial charge in [0, 0.05) is 0 Å². The molecule has 1 aromatic heterocycles. The smallest absolute Gasteiger partial charge is 0.190 e. The Balaban J connectivity index is 1.69. The number of para-hydroxylation sites is 1. The third-order valence-corrected chi connectivity index (χ3v) is 4.70. The Morgan fingerprint density at radius 3 is 2.68 bits per heavy atom. The average molecular weight is 348 g/mol. The van der Waals surface area contributed by atoms with E-state index in [-0.39, 0.29) is 6.04 Å². The molecule has 3 nitrogen and oxygen atoms in total. The zero-order chi connectivity index (χ0) is 15.5. The van der Waals surface area contributed by atoms with Crippen LogP contribution >= 0.6 is 35.2 Å². The van der Waals surface area contributed by atoms with Crippen LogP contribution in [0.3, 0.4) is 0 Å². The lowest BCUT2D eigenvalue weighted by Gasteiger charge is -2.16. The van der Waals surface area contributed by atoms with E-state index in [4.69, 9.17) is 23.8 Å². The summed E-state index contributed by atoms with van der Waals surface area (Å²) in [6.45, 7) is 2.07. The van der Waals surface area contributed by atoms with Crippen LogP contribution in [0.15, 0.2) is 48.5 Å². The normalized spacial score (nSPS) is 12.1. The molecule has 1 atom stereocenters. The summed E-state index contributed by atoms with van der Waals surface area (Å²) in [6, 6.07) is 16.0. The van der Waals surface area contributed by atoms with E-state index in [2.05, 4.69) is 34.7 Å². The lowest BCUT2D eigenvalue weighted by molar-refractivity contribution is 0.722. The van der Waals surface area contributed by atoms with Gasteiger partial charge in [0.1, 0.15) is 5.52 Å². The number of benzene rings is 2. The van der Waals surface area contributed by atoms with E-state index in [1.54, 1.807) is 0 Å². The molecule has 1 unspecified atom stereocenters. The van der Waals surface area contributed by atoms with Crippen LogP contribution in [0.2, 0.25) is 5.02 Å². The molecule has 0 fully saturated rings. The Morgan fingerprint density at radius 2 is 1.95 bits per heavy atom. The van der Waals surface area contributed by atoms with Gasteiger partial charge in [-0.3, -0.25) is 0 Å². The molecular formula is C16H14ClN3S2. The Kier molecular flexibility index (Phi) is 4.57. The van der Waals surface area contributed by atoms with Crippen LogP contribution < -0.4 is 10.6 Å². The van der Waals surface area contributed by atoms with Crippen molar-refractivity contribution >= 4 is 55.6 Å². The van der Waals surface area contributed by atoms with Gasteiger partial charge < -0.3 is 10.6 Å². The molecule has 2 N–H and O–H groups in total.